The molecule has 1 atom stereocenters. The Morgan fingerprint density at radius 3 is 2.58 bits per heavy atom. The van der Waals surface area contributed by atoms with Crippen molar-refractivity contribution in [1.29, 1.82) is 0 Å². The fourth-order valence-corrected chi connectivity index (χ4v) is 5.43. The lowest BCUT2D eigenvalue weighted by molar-refractivity contribution is 0.559. The largest absolute Gasteiger partial charge is 0.216 e. The van der Waals surface area contributed by atoms with Gasteiger partial charge in [0.1, 0.15) is 0 Å². The van der Waals surface area contributed by atoms with Crippen LogP contribution in [0, 0.1) is 0 Å². The Kier molecular flexibility index (Phi) is 5.25. The summed E-state index contributed by atoms with van der Waals surface area (Å²) in [6.07, 6.45) is 0.658. The minimum Gasteiger partial charge on any atom is -0.212 e. The van der Waals surface area contributed by atoms with Gasteiger partial charge in [0.2, 0.25) is 10.0 Å². The molecule has 0 unspecified atom stereocenters. The van der Waals surface area contributed by atoms with E-state index in [1.807, 2.05) is 19.1 Å². The molecule has 1 aromatic heterocycles. The van der Waals surface area contributed by atoms with Crippen LogP contribution in [0.2, 0.25) is 5.02 Å². The fourth-order valence-electron chi connectivity index (χ4n) is 2.73. The van der Waals surface area contributed by atoms with E-state index in [2.05, 4.69) is 22.2 Å². The number of sulfonamides is 1. The van der Waals surface area contributed by atoms with E-state index in [1.165, 1.54) is 15.6 Å². The van der Waals surface area contributed by atoms with Crippen molar-refractivity contribution in [3.05, 3.63) is 70.1 Å². The highest BCUT2D eigenvalue weighted by Gasteiger charge is 2.18. The molecule has 0 radical (unpaired) electrons. The molecule has 0 spiro atoms. The van der Waals surface area contributed by atoms with E-state index in [1.54, 1.807) is 35.6 Å². The van der Waals surface area contributed by atoms with Gasteiger partial charge < -0.3 is 0 Å². The molecule has 6 heteroatoms. The maximum absolute atomic E-state index is 12.4. The Labute approximate surface area is 151 Å². The smallest absolute Gasteiger partial charge is 0.212 e. The predicted molar refractivity (Wildman–Crippen MR) is 102 cm³/mol. The van der Waals surface area contributed by atoms with Crippen LogP contribution in [0.3, 0.4) is 0 Å². The number of hydrogen-bond donors (Lipinski definition) is 1. The summed E-state index contributed by atoms with van der Waals surface area (Å²) in [6.45, 7) is 1.89. The van der Waals surface area contributed by atoms with Gasteiger partial charge in [-0.05, 0) is 47.4 Å². The van der Waals surface area contributed by atoms with Gasteiger partial charge in [0.25, 0.3) is 0 Å². The molecule has 24 heavy (non-hydrogen) atoms. The van der Waals surface area contributed by atoms with Gasteiger partial charge in [-0.15, -0.1) is 11.3 Å². The molecule has 0 amide bonds. The number of hydrogen-bond acceptors (Lipinski definition) is 3. The van der Waals surface area contributed by atoms with Crippen molar-refractivity contribution in [1.82, 2.24) is 4.72 Å². The molecule has 0 fully saturated rings. The van der Waals surface area contributed by atoms with Crippen molar-refractivity contribution in [2.75, 3.05) is 0 Å². The van der Waals surface area contributed by atoms with E-state index in [0.29, 0.717) is 17.0 Å². The second kappa shape index (κ2) is 7.23. The van der Waals surface area contributed by atoms with Gasteiger partial charge in [-0.3, -0.25) is 0 Å². The SMILES string of the molecule is C[C@H](Cc1csc2ccccc12)NS(=O)(=O)Cc1ccccc1Cl. The van der Waals surface area contributed by atoms with E-state index >= 15 is 0 Å². The van der Waals surface area contributed by atoms with Crippen LogP contribution in [0.1, 0.15) is 18.1 Å². The Morgan fingerprint density at radius 1 is 1.08 bits per heavy atom. The van der Waals surface area contributed by atoms with Crippen molar-refractivity contribution in [3.63, 3.8) is 0 Å². The topological polar surface area (TPSA) is 46.2 Å². The molecule has 0 aliphatic rings. The van der Waals surface area contributed by atoms with Crippen molar-refractivity contribution in [3.8, 4) is 0 Å². The minimum absolute atomic E-state index is 0.110. The lowest BCUT2D eigenvalue weighted by atomic mass is 10.1. The first kappa shape index (κ1) is 17.4. The molecule has 0 aliphatic heterocycles. The Hall–Kier alpha value is -1.40. The molecule has 0 saturated heterocycles. The average molecular weight is 380 g/mol. The average Bonchev–Trinajstić information content (AvgIpc) is 2.92. The molecule has 0 bridgehead atoms. The Bertz CT molecular complexity index is 950. The zero-order valence-electron chi connectivity index (χ0n) is 13.2. The molecular weight excluding hydrogens is 362 g/mol. The molecular formula is C18H18ClNO2S2. The maximum Gasteiger partial charge on any atom is 0.216 e. The van der Waals surface area contributed by atoms with Gasteiger partial charge in [-0.2, -0.15) is 0 Å². The number of halogens is 1. The van der Waals surface area contributed by atoms with Crippen molar-refractivity contribution in [2.24, 2.45) is 0 Å². The first-order valence-corrected chi connectivity index (χ1v) is 10.5. The van der Waals surface area contributed by atoms with Crippen LogP contribution in [-0.2, 0) is 22.2 Å². The second-order valence-corrected chi connectivity index (χ2v) is 8.90. The molecule has 3 rings (SSSR count). The van der Waals surface area contributed by atoms with Crippen LogP contribution in [0.5, 0.6) is 0 Å². The lowest BCUT2D eigenvalue weighted by Crippen LogP contribution is -2.35. The van der Waals surface area contributed by atoms with Gasteiger partial charge in [-0.25, -0.2) is 13.1 Å². The van der Waals surface area contributed by atoms with Gasteiger partial charge >= 0.3 is 0 Å². The predicted octanol–water partition coefficient (Wildman–Crippen LogP) is 4.61. The van der Waals surface area contributed by atoms with E-state index in [4.69, 9.17) is 11.6 Å². The van der Waals surface area contributed by atoms with Crippen LogP contribution in [0.4, 0.5) is 0 Å². The van der Waals surface area contributed by atoms with Crippen molar-refractivity contribution >= 4 is 43.0 Å². The van der Waals surface area contributed by atoms with Crippen LogP contribution in [0.25, 0.3) is 10.1 Å². The zero-order chi connectivity index (χ0) is 17.2. The number of fused-ring (bicyclic) bond motifs is 1. The summed E-state index contributed by atoms with van der Waals surface area (Å²) in [5.41, 5.74) is 1.78. The molecule has 126 valence electrons. The van der Waals surface area contributed by atoms with Crippen molar-refractivity contribution < 1.29 is 8.42 Å². The highest BCUT2D eigenvalue weighted by molar-refractivity contribution is 7.88. The molecule has 2 aromatic carbocycles. The van der Waals surface area contributed by atoms with Crippen LogP contribution in [-0.4, -0.2) is 14.5 Å². The fraction of sp³-hybridized carbons (Fsp3) is 0.222. The minimum atomic E-state index is -3.44. The monoisotopic (exact) mass is 379 g/mol. The molecule has 3 aromatic rings. The standard InChI is InChI=1S/C18H18ClNO2S2/c1-13(10-15-11-23-18-9-5-3-7-16(15)18)20-24(21,22)12-14-6-2-4-8-17(14)19/h2-9,11,13,20H,10,12H2,1H3/t13-/m1/s1. The summed E-state index contributed by atoms with van der Waals surface area (Å²) in [5.74, 6) is -0.110. The third kappa shape index (κ3) is 4.16. The highest BCUT2D eigenvalue weighted by atomic mass is 35.5. The molecule has 1 heterocycles. The molecule has 0 saturated carbocycles. The summed E-state index contributed by atoms with van der Waals surface area (Å²) in [5, 5.41) is 3.77. The summed E-state index contributed by atoms with van der Waals surface area (Å²) in [6, 6.07) is 15.0. The first-order chi connectivity index (χ1) is 11.4. The number of nitrogens with one attached hydrogen (secondary N) is 1. The quantitative estimate of drug-likeness (QED) is 0.680. The normalized spacial score (nSPS) is 13.2. The number of thiophene rings is 1. The summed E-state index contributed by atoms with van der Waals surface area (Å²) >= 11 is 7.74. The van der Waals surface area contributed by atoms with Crippen molar-refractivity contribution in [2.45, 2.75) is 25.1 Å². The molecule has 3 nitrogen and oxygen atoms in total. The Balaban J connectivity index is 1.69. The third-order valence-corrected chi connectivity index (χ3v) is 6.60. The highest BCUT2D eigenvalue weighted by Crippen LogP contribution is 2.26. The van der Waals surface area contributed by atoms with Gasteiger partial charge in [0.15, 0.2) is 0 Å². The Morgan fingerprint density at radius 2 is 1.79 bits per heavy atom. The molecule has 1 N–H and O–H groups in total. The van der Waals surface area contributed by atoms with E-state index in [0.717, 1.165) is 0 Å². The van der Waals surface area contributed by atoms with E-state index in [-0.39, 0.29) is 11.8 Å². The third-order valence-electron chi connectivity index (χ3n) is 3.77. The van der Waals surface area contributed by atoms with Gasteiger partial charge in [0.05, 0.1) is 5.75 Å². The first-order valence-electron chi connectivity index (χ1n) is 7.63. The van der Waals surface area contributed by atoms with Crippen LogP contribution >= 0.6 is 22.9 Å². The number of rotatable bonds is 6. The zero-order valence-corrected chi connectivity index (χ0v) is 15.6. The summed E-state index contributed by atoms with van der Waals surface area (Å²) < 4.78 is 28.7. The van der Waals surface area contributed by atoms with E-state index < -0.39 is 10.0 Å². The number of benzene rings is 2. The van der Waals surface area contributed by atoms with E-state index in [9.17, 15) is 8.42 Å². The van der Waals surface area contributed by atoms with Gasteiger partial charge in [0, 0.05) is 15.8 Å². The summed E-state index contributed by atoms with van der Waals surface area (Å²) in [7, 11) is -3.44. The van der Waals surface area contributed by atoms with Crippen LogP contribution in [0.15, 0.2) is 53.9 Å². The van der Waals surface area contributed by atoms with Gasteiger partial charge in [-0.1, -0.05) is 48.0 Å². The molecule has 0 aliphatic carbocycles. The van der Waals surface area contributed by atoms with Crippen LogP contribution < -0.4 is 4.72 Å². The second-order valence-electron chi connectivity index (χ2n) is 5.83. The maximum atomic E-state index is 12.4. The lowest BCUT2D eigenvalue weighted by Gasteiger charge is -2.14. The summed E-state index contributed by atoms with van der Waals surface area (Å²) in [4.78, 5) is 0.